The van der Waals surface area contributed by atoms with E-state index in [2.05, 4.69) is 25.2 Å². The van der Waals surface area contributed by atoms with E-state index >= 15 is 0 Å². The molecule has 25 heavy (non-hydrogen) atoms. The molecule has 0 bridgehead atoms. The first-order valence-corrected chi connectivity index (χ1v) is 8.11. The number of aliphatic hydroxyl groups excluding tert-OH is 1. The van der Waals surface area contributed by atoms with Gasteiger partial charge in [0.05, 0.1) is 12.2 Å². The van der Waals surface area contributed by atoms with E-state index < -0.39 is 5.91 Å². The summed E-state index contributed by atoms with van der Waals surface area (Å²) >= 11 is 0. The second-order valence-electron chi connectivity index (χ2n) is 5.61. The highest BCUT2D eigenvalue weighted by Gasteiger charge is 2.21. The number of pyridine rings is 1. The normalized spacial score (nSPS) is 14.4. The number of anilines is 3. The van der Waals surface area contributed by atoms with Crippen LogP contribution in [0, 0.1) is 0 Å². The number of aromatic nitrogens is 3. The van der Waals surface area contributed by atoms with Crippen LogP contribution in [0.5, 0.6) is 0 Å². The maximum Gasteiger partial charge on any atom is 0.256 e. The van der Waals surface area contributed by atoms with Gasteiger partial charge in [-0.25, -0.2) is 9.97 Å². The molecule has 0 atom stereocenters. The smallest absolute Gasteiger partial charge is 0.256 e. The Morgan fingerprint density at radius 1 is 1.20 bits per heavy atom. The maximum absolute atomic E-state index is 11.9. The number of nitrogen functional groups attached to an aromatic ring is 1. The van der Waals surface area contributed by atoms with Crippen LogP contribution in [-0.4, -0.2) is 65.3 Å². The van der Waals surface area contributed by atoms with Crippen molar-refractivity contribution >= 4 is 23.5 Å². The van der Waals surface area contributed by atoms with E-state index in [4.69, 9.17) is 10.8 Å². The molecular weight excluding hydrogens is 322 g/mol. The molecule has 1 aliphatic heterocycles. The lowest BCUT2D eigenvalue weighted by atomic mass is 10.3. The molecule has 2 aromatic heterocycles. The lowest BCUT2D eigenvalue weighted by Crippen LogP contribution is -2.47. The average Bonchev–Trinajstić information content (AvgIpc) is 2.67. The zero-order valence-electron chi connectivity index (χ0n) is 13.8. The summed E-state index contributed by atoms with van der Waals surface area (Å²) in [6.07, 6.45) is 3.21. The third-order valence-corrected chi connectivity index (χ3v) is 3.98. The summed E-state index contributed by atoms with van der Waals surface area (Å²) in [7, 11) is 0. The molecule has 0 unspecified atom stereocenters. The molecule has 0 spiro atoms. The fourth-order valence-electron chi connectivity index (χ4n) is 2.65. The number of rotatable bonds is 5. The van der Waals surface area contributed by atoms with Crippen molar-refractivity contribution < 1.29 is 9.90 Å². The first-order chi connectivity index (χ1) is 12.2. The first-order valence-electron chi connectivity index (χ1n) is 8.11. The van der Waals surface area contributed by atoms with Crippen LogP contribution in [0.2, 0.25) is 0 Å². The lowest BCUT2D eigenvalue weighted by molar-refractivity contribution is 0.0945. The van der Waals surface area contributed by atoms with Gasteiger partial charge in [-0.2, -0.15) is 4.98 Å². The van der Waals surface area contributed by atoms with Gasteiger partial charge >= 0.3 is 0 Å². The Morgan fingerprint density at radius 3 is 2.60 bits per heavy atom. The van der Waals surface area contributed by atoms with Crippen molar-refractivity contribution in [3.8, 4) is 0 Å². The van der Waals surface area contributed by atoms with Gasteiger partial charge in [0.1, 0.15) is 11.6 Å². The van der Waals surface area contributed by atoms with Crippen LogP contribution >= 0.6 is 0 Å². The minimum Gasteiger partial charge on any atom is -0.395 e. The Morgan fingerprint density at radius 2 is 1.96 bits per heavy atom. The van der Waals surface area contributed by atoms with Gasteiger partial charge in [-0.1, -0.05) is 6.07 Å². The number of hydrogen-bond acceptors (Lipinski definition) is 8. The summed E-state index contributed by atoms with van der Waals surface area (Å²) in [6, 6.07) is 5.86. The molecule has 4 N–H and O–H groups in total. The predicted octanol–water partition coefficient (Wildman–Crippen LogP) is -0.497. The van der Waals surface area contributed by atoms with E-state index in [1.807, 2.05) is 23.1 Å². The zero-order valence-corrected chi connectivity index (χ0v) is 13.8. The highest BCUT2D eigenvalue weighted by Crippen LogP contribution is 2.18. The van der Waals surface area contributed by atoms with E-state index in [-0.39, 0.29) is 24.5 Å². The van der Waals surface area contributed by atoms with Gasteiger partial charge in [0.2, 0.25) is 5.95 Å². The molecule has 1 fully saturated rings. The molecule has 9 heteroatoms. The number of piperazine rings is 1. The molecule has 0 saturated carbocycles. The molecular formula is C16H21N7O2. The molecule has 1 amide bonds. The number of amides is 1. The SMILES string of the molecule is Nc1nc(N2CCN(c3ccccn3)CC2)ncc1C(=O)NCCO. The van der Waals surface area contributed by atoms with Crippen molar-refractivity contribution in [3.05, 3.63) is 36.2 Å². The molecule has 3 heterocycles. The molecule has 0 aliphatic carbocycles. The van der Waals surface area contributed by atoms with Crippen molar-refractivity contribution in [2.75, 3.05) is 54.9 Å². The standard InChI is InChI=1S/C16H21N7O2/c17-14-12(15(25)19-5-10-24)11-20-16(21-14)23-8-6-22(7-9-23)13-3-1-2-4-18-13/h1-4,11,24H,5-10H2,(H,19,25)(H2,17,20,21). The summed E-state index contributed by atoms with van der Waals surface area (Å²) < 4.78 is 0. The number of aliphatic hydroxyl groups is 1. The van der Waals surface area contributed by atoms with Gasteiger partial charge in [0.25, 0.3) is 5.91 Å². The second kappa shape index (κ2) is 7.75. The van der Waals surface area contributed by atoms with Gasteiger partial charge in [0.15, 0.2) is 0 Å². The molecule has 0 radical (unpaired) electrons. The van der Waals surface area contributed by atoms with Crippen LogP contribution in [0.4, 0.5) is 17.6 Å². The Kier molecular flexibility index (Phi) is 5.24. The van der Waals surface area contributed by atoms with Gasteiger partial charge in [-0.3, -0.25) is 4.79 Å². The topological polar surface area (TPSA) is 121 Å². The Labute approximate surface area is 145 Å². The number of carbonyl (C=O) groups is 1. The maximum atomic E-state index is 11.9. The minimum absolute atomic E-state index is 0.132. The number of hydrogen-bond donors (Lipinski definition) is 3. The third-order valence-electron chi connectivity index (χ3n) is 3.98. The van der Waals surface area contributed by atoms with Crippen molar-refractivity contribution in [1.29, 1.82) is 0 Å². The van der Waals surface area contributed by atoms with Crippen molar-refractivity contribution in [3.63, 3.8) is 0 Å². The fourth-order valence-corrected chi connectivity index (χ4v) is 2.65. The molecule has 9 nitrogen and oxygen atoms in total. The van der Waals surface area contributed by atoms with E-state index in [1.54, 1.807) is 6.20 Å². The Bertz CT molecular complexity index is 718. The van der Waals surface area contributed by atoms with E-state index in [0.717, 1.165) is 32.0 Å². The Balaban J connectivity index is 1.64. The first kappa shape index (κ1) is 16.9. The predicted molar refractivity (Wildman–Crippen MR) is 94.5 cm³/mol. The highest BCUT2D eigenvalue weighted by molar-refractivity contribution is 5.98. The van der Waals surface area contributed by atoms with Crippen molar-refractivity contribution in [2.24, 2.45) is 0 Å². The largest absolute Gasteiger partial charge is 0.395 e. The van der Waals surface area contributed by atoms with Gasteiger partial charge in [0, 0.05) is 45.1 Å². The number of carbonyl (C=O) groups excluding carboxylic acids is 1. The van der Waals surface area contributed by atoms with Crippen LogP contribution in [0.15, 0.2) is 30.6 Å². The van der Waals surface area contributed by atoms with Crippen LogP contribution < -0.4 is 20.9 Å². The van der Waals surface area contributed by atoms with E-state index in [1.165, 1.54) is 6.20 Å². The molecule has 132 valence electrons. The number of nitrogens with zero attached hydrogens (tertiary/aromatic N) is 5. The Hall–Kier alpha value is -2.94. The van der Waals surface area contributed by atoms with Crippen molar-refractivity contribution in [2.45, 2.75) is 0 Å². The van der Waals surface area contributed by atoms with Crippen LogP contribution in [-0.2, 0) is 0 Å². The minimum atomic E-state index is -0.391. The van der Waals surface area contributed by atoms with Crippen LogP contribution in [0.3, 0.4) is 0 Å². The number of nitrogens with two attached hydrogens (primary N) is 1. The third kappa shape index (κ3) is 3.94. The van der Waals surface area contributed by atoms with Crippen molar-refractivity contribution in [1.82, 2.24) is 20.3 Å². The monoisotopic (exact) mass is 343 g/mol. The molecule has 3 rings (SSSR count). The van der Waals surface area contributed by atoms with Gasteiger partial charge in [-0.05, 0) is 12.1 Å². The summed E-state index contributed by atoms with van der Waals surface area (Å²) in [6.45, 7) is 3.12. The summed E-state index contributed by atoms with van der Waals surface area (Å²) in [4.78, 5) is 29.0. The average molecular weight is 343 g/mol. The van der Waals surface area contributed by atoms with E-state index in [0.29, 0.717) is 5.95 Å². The molecule has 0 aromatic carbocycles. The zero-order chi connectivity index (χ0) is 17.6. The lowest BCUT2D eigenvalue weighted by Gasteiger charge is -2.35. The van der Waals surface area contributed by atoms with Crippen LogP contribution in [0.25, 0.3) is 0 Å². The summed E-state index contributed by atoms with van der Waals surface area (Å²) in [5.74, 6) is 1.21. The second-order valence-corrected chi connectivity index (χ2v) is 5.61. The summed E-state index contributed by atoms with van der Waals surface area (Å²) in [5, 5.41) is 11.3. The quantitative estimate of drug-likeness (QED) is 0.665. The van der Waals surface area contributed by atoms with Gasteiger partial charge < -0.3 is 26.0 Å². The van der Waals surface area contributed by atoms with Crippen LogP contribution in [0.1, 0.15) is 10.4 Å². The molecule has 2 aromatic rings. The number of nitrogens with one attached hydrogen (secondary N) is 1. The summed E-state index contributed by atoms with van der Waals surface area (Å²) in [5.41, 5.74) is 6.11. The fraction of sp³-hybridized carbons (Fsp3) is 0.375. The molecule has 1 aliphatic rings. The van der Waals surface area contributed by atoms with E-state index in [9.17, 15) is 4.79 Å². The highest BCUT2D eigenvalue weighted by atomic mass is 16.3. The van der Waals surface area contributed by atoms with Gasteiger partial charge in [-0.15, -0.1) is 0 Å². The molecule has 1 saturated heterocycles.